The second-order valence-corrected chi connectivity index (χ2v) is 4.73. The molecule has 6 heteroatoms. The first-order valence-electron chi connectivity index (χ1n) is 4.93. The minimum Gasteiger partial charge on any atom is -0.437 e. The van der Waals surface area contributed by atoms with E-state index in [0.29, 0.717) is 11.3 Å². The summed E-state index contributed by atoms with van der Waals surface area (Å²) >= 11 is 17.5. The highest BCUT2D eigenvalue weighted by molar-refractivity contribution is 6.42. The van der Waals surface area contributed by atoms with E-state index in [1.807, 2.05) is 0 Å². The van der Waals surface area contributed by atoms with Crippen LogP contribution in [0.2, 0.25) is 15.2 Å². The van der Waals surface area contributed by atoms with E-state index in [4.69, 9.17) is 39.5 Å². The van der Waals surface area contributed by atoms with Gasteiger partial charge in [-0.3, -0.25) is 0 Å². The molecule has 0 fully saturated rings. The lowest BCUT2D eigenvalue weighted by Crippen LogP contribution is -1.93. The number of benzene rings is 1. The number of ether oxygens (including phenoxy) is 1. The lowest BCUT2D eigenvalue weighted by Gasteiger charge is -2.09. The summed E-state index contributed by atoms with van der Waals surface area (Å²) in [4.78, 5) is 3.92. The molecule has 0 amide bonds. The molecule has 0 radical (unpaired) electrons. The fourth-order valence-electron chi connectivity index (χ4n) is 1.33. The lowest BCUT2D eigenvalue weighted by atomic mass is 10.2. The van der Waals surface area contributed by atoms with E-state index in [2.05, 4.69) is 4.98 Å². The Labute approximate surface area is 118 Å². The van der Waals surface area contributed by atoms with Crippen molar-refractivity contribution in [3.8, 4) is 11.6 Å². The van der Waals surface area contributed by atoms with Gasteiger partial charge >= 0.3 is 0 Å². The van der Waals surface area contributed by atoms with Crippen LogP contribution in [0.3, 0.4) is 0 Å². The van der Waals surface area contributed by atoms with Crippen molar-refractivity contribution in [2.45, 2.75) is 6.92 Å². The van der Waals surface area contributed by atoms with E-state index in [9.17, 15) is 4.39 Å². The molecule has 0 bridgehead atoms. The van der Waals surface area contributed by atoms with Gasteiger partial charge in [-0.2, -0.15) is 4.98 Å². The summed E-state index contributed by atoms with van der Waals surface area (Å²) in [5.41, 5.74) is 0.624. The van der Waals surface area contributed by atoms with Crippen molar-refractivity contribution in [1.29, 1.82) is 0 Å². The van der Waals surface area contributed by atoms with Gasteiger partial charge in [0, 0.05) is 0 Å². The molecule has 1 aromatic carbocycles. The Morgan fingerprint density at radius 3 is 2.50 bits per heavy atom. The summed E-state index contributed by atoms with van der Waals surface area (Å²) < 4.78 is 18.4. The monoisotopic (exact) mass is 305 g/mol. The Bertz CT molecular complexity index is 604. The van der Waals surface area contributed by atoms with Gasteiger partial charge in [-0.15, -0.1) is 0 Å². The van der Waals surface area contributed by atoms with E-state index in [0.717, 1.165) is 0 Å². The molecule has 18 heavy (non-hydrogen) atoms. The Morgan fingerprint density at radius 1 is 1.11 bits per heavy atom. The van der Waals surface area contributed by atoms with Crippen molar-refractivity contribution < 1.29 is 9.13 Å². The predicted molar refractivity (Wildman–Crippen MR) is 70.5 cm³/mol. The summed E-state index contributed by atoms with van der Waals surface area (Å²) in [5, 5.41) is 0.564. The molecule has 0 saturated carbocycles. The second-order valence-electron chi connectivity index (χ2n) is 3.56. The first-order valence-corrected chi connectivity index (χ1v) is 6.06. The van der Waals surface area contributed by atoms with Gasteiger partial charge < -0.3 is 4.74 Å². The highest BCUT2D eigenvalue weighted by atomic mass is 35.5. The average molecular weight is 307 g/mol. The zero-order valence-corrected chi connectivity index (χ0v) is 11.4. The van der Waals surface area contributed by atoms with Crippen molar-refractivity contribution in [3.05, 3.63) is 50.8 Å². The maximum atomic E-state index is 12.9. The number of hydrogen-bond donors (Lipinski definition) is 0. The summed E-state index contributed by atoms with van der Waals surface area (Å²) in [6, 6.07) is 5.56. The van der Waals surface area contributed by atoms with Gasteiger partial charge in [0.2, 0.25) is 5.88 Å². The summed E-state index contributed by atoms with van der Waals surface area (Å²) in [5.74, 6) is 0.234. The van der Waals surface area contributed by atoms with Crippen LogP contribution in [0.5, 0.6) is 11.6 Å². The molecule has 1 heterocycles. The van der Waals surface area contributed by atoms with Crippen molar-refractivity contribution in [2.75, 3.05) is 0 Å². The number of rotatable bonds is 2. The van der Waals surface area contributed by atoms with Crippen LogP contribution in [0.15, 0.2) is 24.3 Å². The Hall–Kier alpha value is -1.03. The third-order valence-electron chi connectivity index (χ3n) is 2.20. The highest BCUT2D eigenvalue weighted by Gasteiger charge is 2.11. The Balaban J connectivity index is 2.37. The van der Waals surface area contributed by atoms with Crippen LogP contribution in [0.25, 0.3) is 0 Å². The third kappa shape index (κ3) is 2.86. The molecule has 0 atom stereocenters. The van der Waals surface area contributed by atoms with Gasteiger partial charge in [0.15, 0.2) is 5.15 Å². The van der Waals surface area contributed by atoms with E-state index in [-0.39, 0.29) is 26.9 Å². The fourth-order valence-corrected chi connectivity index (χ4v) is 1.86. The van der Waals surface area contributed by atoms with Crippen molar-refractivity contribution >= 4 is 34.8 Å². The third-order valence-corrected chi connectivity index (χ3v) is 3.14. The molecule has 2 aromatic rings. The topological polar surface area (TPSA) is 22.1 Å². The molecule has 0 saturated heterocycles. The summed E-state index contributed by atoms with van der Waals surface area (Å²) in [6.45, 7) is 1.71. The van der Waals surface area contributed by atoms with E-state index in [1.165, 1.54) is 24.3 Å². The number of hydrogen-bond acceptors (Lipinski definition) is 2. The zero-order chi connectivity index (χ0) is 13.3. The van der Waals surface area contributed by atoms with Crippen molar-refractivity contribution in [3.63, 3.8) is 0 Å². The zero-order valence-electron chi connectivity index (χ0n) is 9.18. The minimum atomic E-state index is -0.340. The van der Waals surface area contributed by atoms with E-state index in [1.54, 1.807) is 6.92 Å². The van der Waals surface area contributed by atoms with Gasteiger partial charge in [0.25, 0.3) is 0 Å². The molecular formula is C12H7Cl3FNO. The van der Waals surface area contributed by atoms with Gasteiger partial charge in [-0.05, 0) is 36.8 Å². The van der Waals surface area contributed by atoms with Gasteiger partial charge in [0.1, 0.15) is 16.6 Å². The van der Waals surface area contributed by atoms with Crippen LogP contribution in [-0.4, -0.2) is 4.98 Å². The van der Waals surface area contributed by atoms with Crippen LogP contribution in [-0.2, 0) is 0 Å². The number of halogens is 4. The van der Waals surface area contributed by atoms with Crippen LogP contribution >= 0.6 is 34.8 Å². The maximum absolute atomic E-state index is 12.9. The number of nitrogens with zero attached hydrogens (tertiary/aromatic N) is 1. The summed E-state index contributed by atoms with van der Waals surface area (Å²) in [6.07, 6.45) is 0. The average Bonchev–Trinajstić information content (AvgIpc) is 2.29. The number of aryl methyl sites for hydroxylation is 1. The molecule has 0 unspecified atom stereocenters. The largest absolute Gasteiger partial charge is 0.437 e. The molecule has 1 aromatic heterocycles. The number of pyridine rings is 1. The van der Waals surface area contributed by atoms with Crippen LogP contribution < -0.4 is 4.74 Å². The van der Waals surface area contributed by atoms with Crippen LogP contribution in [0, 0.1) is 12.7 Å². The second kappa shape index (κ2) is 5.31. The SMILES string of the molecule is Cc1cc(F)ccc1Oc1nc(Cl)c(Cl)cc1Cl. The molecule has 0 aliphatic heterocycles. The Morgan fingerprint density at radius 2 is 1.83 bits per heavy atom. The number of aromatic nitrogens is 1. The molecule has 94 valence electrons. The molecule has 0 N–H and O–H groups in total. The van der Waals surface area contributed by atoms with E-state index < -0.39 is 0 Å². The van der Waals surface area contributed by atoms with Crippen molar-refractivity contribution in [2.24, 2.45) is 0 Å². The maximum Gasteiger partial charge on any atom is 0.239 e. The quantitative estimate of drug-likeness (QED) is 0.704. The minimum absolute atomic E-state index is 0.0934. The van der Waals surface area contributed by atoms with Crippen LogP contribution in [0.1, 0.15) is 5.56 Å². The molecule has 0 aliphatic carbocycles. The highest BCUT2D eigenvalue weighted by Crippen LogP contribution is 2.34. The smallest absolute Gasteiger partial charge is 0.239 e. The van der Waals surface area contributed by atoms with E-state index >= 15 is 0 Å². The van der Waals surface area contributed by atoms with Gasteiger partial charge in [-0.1, -0.05) is 34.8 Å². The Kier molecular flexibility index (Phi) is 3.95. The molecule has 2 nitrogen and oxygen atoms in total. The molecule has 2 rings (SSSR count). The normalized spacial score (nSPS) is 10.5. The van der Waals surface area contributed by atoms with Crippen molar-refractivity contribution in [1.82, 2.24) is 4.98 Å². The molecule has 0 aliphatic rings. The van der Waals surface area contributed by atoms with Crippen LogP contribution in [0.4, 0.5) is 4.39 Å². The standard InChI is InChI=1S/C12H7Cl3FNO/c1-6-4-7(16)2-3-10(6)18-12-9(14)5-8(13)11(15)17-12/h2-5H,1H3. The predicted octanol–water partition coefficient (Wildman–Crippen LogP) is 5.28. The molecule has 0 spiro atoms. The van der Waals surface area contributed by atoms with Gasteiger partial charge in [0.05, 0.1) is 5.02 Å². The first kappa shape index (κ1) is 13.4. The van der Waals surface area contributed by atoms with Gasteiger partial charge in [-0.25, -0.2) is 4.39 Å². The first-order chi connectivity index (χ1) is 8.47. The lowest BCUT2D eigenvalue weighted by molar-refractivity contribution is 0.458. The fraction of sp³-hybridized carbons (Fsp3) is 0.0833. The molecular weight excluding hydrogens is 299 g/mol. The summed E-state index contributed by atoms with van der Waals surface area (Å²) in [7, 11) is 0.